The summed E-state index contributed by atoms with van der Waals surface area (Å²) in [6, 6.07) is 95.3. The number of hydrogen-bond acceptors (Lipinski definition) is 1. The van der Waals surface area contributed by atoms with Gasteiger partial charge < -0.3 is 4.90 Å². The molecule has 0 amide bonds. The third-order valence-electron chi connectivity index (χ3n) is 12.6. The lowest BCUT2D eigenvalue weighted by Crippen LogP contribution is -2.28. The van der Waals surface area contributed by atoms with Crippen molar-refractivity contribution < 1.29 is 0 Å². The molecular formula is C61H43N. The van der Waals surface area contributed by atoms with Crippen LogP contribution < -0.4 is 4.90 Å². The summed E-state index contributed by atoms with van der Waals surface area (Å²) < 4.78 is 0. The van der Waals surface area contributed by atoms with Crippen molar-refractivity contribution in [1.29, 1.82) is 0 Å². The average Bonchev–Trinajstić information content (AvgIpc) is 3.66. The number of fused-ring (bicyclic) bond motifs is 3. The zero-order chi connectivity index (χ0) is 41.3. The molecule has 10 aromatic rings. The zero-order valence-electron chi connectivity index (χ0n) is 34.3. The molecule has 0 bridgehead atoms. The quantitative estimate of drug-likeness (QED) is 0.141. The van der Waals surface area contributed by atoms with Gasteiger partial charge in [-0.25, -0.2) is 0 Å². The Labute approximate surface area is 364 Å². The molecule has 0 aromatic heterocycles. The molecule has 0 aliphatic heterocycles. The summed E-state index contributed by atoms with van der Waals surface area (Å²) in [5.74, 6) is 0. The molecule has 0 spiro atoms. The third kappa shape index (κ3) is 6.43. The van der Waals surface area contributed by atoms with E-state index in [1.165, 1.54) is 77.9 Å². The van der Waals surface area contributed by atoms with Crippen LogP contribution in [-0.4, -0.2) is 0 Å². The van der Waals surface area contributed by atoms with E-state index >= 15 is 0 Å². The van der Waals surface area contributed by atoms with Gasteiger partial charge in [-0.05, 0) is 114 Å². The maximum Gasteiger partial charge on any atom is 0.0714 e. The van der Waals surface area contributed by atoms with E-state index < -0.39 is 5.41 Å². The van der Waals surface area contributed by atoms with Crippen molar-refractivity contribution in [1.82, 2.24) is 0 Å². The number of hydrogen-bond donors (Lipinski definition) is 0. The first-order chi connectivity index (χ1) is 30.8. The summed E-state index contributed by atoms with van der Waals surface area (Å²) >= 11 is 0. The van der Waals surface area contributed by atoms with Gasteiger partial charge in [0.15, 0.2) is 0 Å². The first kappa shape index (κ1) is 37.0. The van der Waals surface area contributed by atoms with Crippen LogP contribution in [0.2, 0.25) is 0 Å². The number of nitrogens with zero attached hydrogens (tertiary/aromatic N) is 1. The Kier molecular flexibility index (Phi) is 9.48. The standard InChI is InChI=1S/C61H43N/c1-6-18-44(19-7-1)46-30-32-49(33-31-46)58-42-53(38-40-55(58)48-22-10-3-11-23-48)62(52-36-34-47(35-37-52)45-20-8-2-9-21-45)54-39-41-57-56-28-16-17-29-59(56)61(60(57)43-54,50-24-12-4-13-25-50)51-26-14-5-15-27-51/h1-43H. The Bertz CT molecular complexity index is 3080. The van der Waals surface area contributed by atoms with Gasteiger partial charge >= 0.3 is 0 Å². The maximum atomic E-state index is 2.46. The molecule has 0 unspecified atom stereocenters. The summed E-state index contributed by atoms with van der Waals surface area (Å²) in [5.41, 5.74) is 19.9. The van der Waals surface area contributed by atoms with Crippen molar-refractivity contribution in [3.05, 3.63) is 283 Å². The normalized spacial score (nSPS) is 12.3. The minimum Gasteiger partial charge on any atom is -0.310 e. The van der Waals surface area contributed by atoms with E-state index in [9.17, 15) is 0 Å². The van der Waals surface area contributed by atoms with E-state index in [0.29, 0.717) is 0 Å². The highest BCUT2D eigenvalue weighted by Crippen LogP contribution is 2.57. The Hall–Kier alpha value is -8.00. The Balaban J connectivity index is 1.14. The highest BCUT2D eigenvalue weighted by atomic mass is 15.1. The Morgan fingerprint density at radius 2 is 0.597 bits per heavy atom. The molecule has 0 N–H and O–H groups in total. The van der Waals surface area contributed by atoms with Gasteiger partial charge in [0.2, 0.25) is 0 Å². The van der Waals surface area contributed by atoms with Gasteiger partial charge in [-0.2, -0.15) is 0 Å². The molecule has 0 saturated carbocycles. The van der Waals surface area contributed by atoms with E-state index in [-0.39, 0.29) is 0 Å². The molecule has 0 atom stereocenters. The fraction of sp³-hybridized carbons (Fsp3) is 0.0164. The van der Waals surface area contributed by atoms with Crippen molar-refractivity contribution in [3.63, 3.8) is 0 Å². The molecule has 292 valence electrons. The Morgan fingerprint density at radius 1 is 0.226 bits per heavy atom. The molecule has 1 nitrogen and oxygen atoms in total. The van der Waals surface area contributed by atoms with Crippen molar-refractivity contribution in [2.24, 2.45) is 0 Å². The van der Waals surface area contributed by atoms with Crippen LogP contribution in [0, 0.1) is 0 Å². The van der Waals surface area contributed by atoms with Gasteiger partial charge in [-0.1, -0.05) is 224 Å². The summed E-state index contributed by atoms with van der Waals surface area (Å²) in [4.78, 5) is 2.44. The summed E-state index contributed by atoms with van der Waals surface area (Å²) in [5, 5.41) is 0. The maximum absolute atomic E-state index is 2.46. The SMILES string of the molecule is c1ccc(-c2ccc(-c3cc(N(c4ccc(-c5ccccc5)cc4)c4ccc5c(c4)C(c4ccccc4)(c4ccccc4)c4ccccc4-5)ccc3-c3ccccc3)cc2)cc1. The van der Waals surface area contributed by atoms with E-state index in [0.717, 1.165) is 17.1 Å². The van der Waals surface area contributed by atoms with Crippen LogP contribution in [-0.2, 0) is 5.41 Å². The highest BCUT2D eigenvalue weighted by molar-refractivity contribution is 5.92. The molecule has 62 heavy (non-hydrogen) atoms. The molecule has 10 aromatic carbocycles. The molecule has 1 heteroatoms. The van der Waals surface area contributed by atoms with Crippen molar-refractivity contribution in [2.75, 3.05) is 4.90 Å². The van der Waals surface area contributed by atoms with Gasteiger partial charge in [-0.15, -0.1) is 0 Å². The second-order valence-corrected chi connectivity index (χ2v) is 16.0. The minimum absolute atomic E-state index is 0.518. The van der Waals surface area contributed by atoms with Gasteiger partial charge in [0.05, 0.1) is 5.41 Å². The molecule has 0 fully saturated rings. The first-order valence-electron chi connectivity index (χ1n) is 21.4. The van der Waals surface area contributed by atoms with Gasteiger partial charge in [0.1, 0.15) is 0 Å². The largest absolute Gasteiger partial charge is 0.310 e. The second-order valence-electron chi connectivity index (χ2n) is 16.0. The number of benzene rings is 10. The lowest BCUT2D eigenvalue weighted by Gasteiger charge is -2.35. The van der Waals surface area contributed by atoms with Crippen molar-refractivity contribution in [2.45, 2.75) is 5.41 Å². The fourth-order valence-corrected chi connectivity index (χ4v) is 9.70. The zero-order valence-corrected chi connectivity index (χ0v) is 34.3. The molecular weight excluding hydrogens is 747 g/mol. The van der Waals surface area contributed by atoms with Gasteiger partial charge in [0.25, 0.3) is 0 Å². The summed E-state index contributed by atoms with van der Waals surface area (Å²) in [6.45, 7) is 0. The molecule has 0 heterocycles. The van der Waals surface area contributed by atoms with Crippen LogP contribution in [0.15, 0.2) is 261 Å². The lowest BCUT2D eigenvalue weighted by atomic mass is 9.67. The van der Waals surface area contributed by atoms with Crippen LogP contribution in [0.4, 0.5) is 17.1 Å². The van der Waals surface area contributed by atoms with Crippen LogP contribution in [0.5, 0.6) is 0 Å². The van der Waals surface area contributed by atoms with E-state index in [2.05, 4.69) is 266 Å². The van der Waals surface area contributed by atoms with Gasteiger partial charge in [-0.3, -0.25) is 0 Å². The first-order valence-corrected chi connectivity index (χ1v) is 21.4. The van der Waals surface area contributed by atoms with E-state index in [4.69, 9.17) is 0 Å². The molecule has 0 saturated heterocycles. The van der Waals surface area contributed by atoms with Crippen LogP contribution in [0.25, 0.3) is 55.6 Å². The highest BCUT2D eigenvalue weighted by Gasteiger charge is 2.46. The third-order valence-corrected chi connectivity index (χ3v) is 12.6. The van der Waals surface area contributed by atoms with E-state index in [1.807, 2.05) is 0 Å². The Morgan fingerprint density at radius 3 is 1.16 bits per heavy atom. The monoisotopic (exact) mass is 789 g/mol. The summed E-state index contributed by atoms with van der Waals surface area (Å²) in [6.07, 6.45) is 0. The second kappa shape index (κ2) is 15.9. The molecule has 11 rings (SSSR count). The topological polar surface area (TPSA) is 3.24 Å². The predicted octanol–water partition coefficient (Wildman–Crippen LogP) is 16.2. The average molecular weight is 790 g/mol. The fourth-order valence-electron chi connectivity index (χ4n) is 9.70. The van der Waals surface area contributed by atoms with E-state index in [1.54, 1.807) is 0 Å². The van der Waals surface area contributed by atoms with Crippen LogP contribution in [0.3, 0.4) is 0 Å². The lowest BCUT2D eigenvalue weighted by molar-refractivity contribution is 0.768. The van der Waals surface area contributed by atoms with Crippen LogP contribution >= 0.6 is 0 Å². The van der Waals surface area contributed by atoms with Crippen LogP contribution in [0.1, 0.15) is 22.3 Å². The molecule has 0 radical (unpaired) electrons. The smallest absolute Gasteiger partial charge is 0.0714 e. The van der Waals surface area contributed by atoms with Crippen molar-refractivity contribution in [3.8, 4) is 55.6 Å². The number of anilines is 3. The summed E-state index contributed by atoms with van der Waals surface area (Å²) in [7, 11) is 0. The number of rotatable bonds is 9. The van der Waals surface area contributed by atoms with Crippen molar-refractivity contribution >= 4 is 17.1 Å². The minimum atomic E-state index is -0.518. The molecule has 1 aliphatic carbocycles. The predicted molar refractivity (Wildman–Crippen MR) is 260 cm³/mol. The van der Waals surface area contributed by atoms with Gasteiger partial charge in [0, 0.05) is 17.1 Å². The molecule has 1 aliphatic rings.